The molecule has 0 aliphatic carbocycles. The zero-order valence-corrected chi connectivity index (χ0v) is 43.2. The molecule has 0 amide bonds. The van der Waals surface area contributed by atoms with E-state index in [1.807, 2.05) is 0 Å². The van der Waals surface area contributed by atoms with Crippen molar-refractivity contribution in [1.82, 2.24) is 9.55 Å². The number of imidazole rings is 1. The number of benzene rings is 8. The van der Waals surface area contributed by atoms with Gasteiger partial charge >= 0.3 is 0 Å². The molecular formula is C65H64BN5. The predicted octanol–water partition coefficient (Wildman–Crippen LogP) is 15.6. The summed E-state index contributed by atoms with van der Waals surface area (Å²) >= 11 is 0. The van der Waals surface area contributed by atoms with Crippen molar-refractivity contribution < 1.29 is 0 Å². The molecule has 0 unspecified atom stereocenters. The molecule has 5 nitrogen and oxygen atoms in total. The van der Waals surface area contributed by atoms with E-state index in [1.165, 1.54) is 38.7 Å². The summed E-state index contributed by atoms with van der Waals surface area (Å²) in [6.45, 7) is 25.1. The highest BCUT2D eigenvalue weighted by Crippen LogP contribution is 2.50. The first-order valence-electron chi connectivity index (χ1n) is 25.2. The average molecular weight is 926 g/mol. The molecule has 0 atom stereocenters. The summed E-state index contributed by atoms with van der Waals surface area (Å²) in [6, 6.07) is 70.0. The Morgan fingerprint density at radius 3 is 1.49 bits per heavy atom. The summed E-state index contributed by atoms with van der Waals surface area (Å²) in [7, 11) is 0. The van der Waals surface area contributed by atoms with Crippen molar-refractivity contribution in [3.8, 4) is 17.1 Å². The van der Waals surface area contributed by atoms with Crippen LogP contribution in [0.25, 0.3) is 17.1 Å². The fourth-order valence-corrected chi connectivity index (χ4v) is 10.6. The van der Waals surface area contributed by atoms with E-state index in [0.29, 0.717) is 0 Å². The summed E-state index contributed by atoms with van der Waals surface area (Å²) in [5.41, 5.74) is 20.5. The van der Waals surface area contributed by atoms with Crippen LogP contribution in [0.15, 0.2) is 188 Å². The van der Waals surface area contributed by atoms with Crippen LogP contribution in [0.4, 0.5) is 51.3 Å². The van der Waals surface area contributed by atoms with Crippen molar-refractivity contribution in [2.75, 3.05) is 14.7 Å². The normalized spacial score (nSPS) is 13.2. The monoisotopic (exact) mass is 926 g/mol. The van der Waals surface area contributed by atoms with E-state index < -0.39 is 0 Å². The van der Waals surface area contributed by atoms with Crippen LogP contribution in [0.3, 0.4) is 0 Å². The van der Waals surface area contributed by atoms with Gasteiger partial charge in [-0.25, -0.2) is 4.98 Å². The van der Waals surface area contributed by atoms with E-state index in [2.05, 4.69) is 283 Å². The summed E-state index contributed by atoms with van der Waals surface area (Å²) < 4.78 is 2.44. The van der Waals surface area contributed by atoms with Crippen molar-refractivity contribution in [2.45, 2.75) is 92.4 Å². The first-order chi connectivity index (χ1) is 33.9. The highest BCUT2D eigenvalue weighted by Gasteiger charge is 2.48. The molecule has 0 saturated heterocycles. The molecule has 11 rings (SSSR count). The van der Waals surface area contributed by atoms with Gasteiger partial charge in [0.15, 0.2) is 0 Å². The molecule has 0 N–H and O–H groups in total. The minimum Gasteiger partial charge on any atom is -0.311 e. The van der Waals surface area contributed by atoms with E-state index >= 15 is 0 Å². The predicted molar refractivity (Wildman–Crippen MR) is 303 cm³/mol. The number of fused-ring (bicyclic) bond motifs is 4. The SMILES string of the molecule is Cc1ccc(-c2nc3c(n2-c2ccccc2)N(c2cc(C(C)(C)C)cc(C(C)(C)C)c2)c2cc(N(c4ccccc4)c4ccccc4)cc4c2B3c2cc(C)ccc2N4c2ccc(C(C)(C)C)cc2)cc1. The first-order valence-corrected chi connectivity index (χ1v) is 25.2. The van der Waals surface area contributed by atoms with E-state index in [0.717, 1.165) is 74.0 Å². The summed E-state index contributed by atoms with van der Waals surface area (Å²) in [4.78, 5) is 13.5. The second-order valence-electron chi connectivity index (χ2n) is 22.8. The molecule has 0 saturated carbocycles. The third kappa shape index (κ3) is 8.13. The third-order valence-electron chi connectivity index (χ3n) is 14.5. The minimum atomic E-state index is -0.204. The number of anilines is 9. The minimum absolute atomic E-state index is 0.00261. The van der Waals surface area contributed by atoms with Gasteiger partial charge in [0.05, 0.1) is 11.3 Å². The van der Waals surface area contributed by atoms with Crippen LogP contribution >= 0.6 is 0 Å². The molecule has 2 aliphatic rings. The first kappa shape index (κ1) is 45.9. The molecule has 0 spiro atoms. The molecule has 3 heterocycles. The Bertz CT molecular complexity index is 3360. The van der Waals surface area contributed by atoms with Crippen LogP contribution in [-0.4, -0.2) is 16.3 Å². The Balaban J connectivity index is 1.34. The average Bonchev–Trinajstić information content (AvgIpc) is 3.74. The molecule has 2 aliphatic heterocycles. The van der Waals surface area contributed by atoms with Crippen molar-refractivity contribution in [2.24, 2.45) is 0 Å². The number of para-hydroxylation sites is 3. The molecule has 0 radical (unpaired) electrons. The van der Waals surface area contributed by atoms with E-state index in [9.17, 15) is 0 Å². The lowest BCUT2D eigenvalue weighted by atomic mass is 9.35. The Hall–Kier alpha value is -7.57. The lowest BCUT2D eigenvalue weighted by molar-refractivity contribution is 0.568. The van der Waals surface area contributed by atoms with Gasteiger partial charge in [-0.2, -0.15) is 0 Å². The highest BCUT2D eigenvalue weighted by atomic mass is 15.3. The van der Waals surface area contributed by atoms with Crippen molar-refractivity contribution >= 4 is 74.5 Å². The lowest BCUT2D eigenvalue weighted by Crippen LogP contribution is -2.62. The second-order valence-corrected chi connectivity index (χ2v) is 22.8. The molecule has 8 aromatic carbocycles. The van der Waals surface area contributed by atoms with Gasteiger partial charge in [0, 0.05) is 51.1 Å². The summed E-state index contributed by atoms with van der Waals surface area (Å²) in [5, 5.41) is 0. The number of nitrogens with zero attached hydrogens (tertiary/aromatic N) is 5. The Kier molecular flexibility index (Phi) is 11.0. The maximum atomic E-state index is 5.98. The van der Waals surface area contributed by atoms with Gasteiger partial charge in [-0.05, 0) is 137 Å². The molecular weight excluding hydrogens is 862 g/mol. The van der Waals surface area contributed by atoms with Crippen LogP contribution in [0, 0.1) is 13.8 Å². The number of aryl methyl sites for hydroxylation is 2. The zero-order valence-electron chi connectivity index (χ0n) is 43.2. The van der Waals surface area contributed by atoms with Crippen molar-refractivity contribution in [3.63, 3.8) is 0 Å². The smallest absolute Gasteiger partial charge is 0.277 e. The topological polar surface area (TPSA) is 27.5 Å². The van der Waals surface area contributed by atoms with Gasteiger partial charge in [-0.15, -0.1) is 0 Å². The molecule has 0 bridgehead atoms. The Morgan fingerprint density at radius 2 is 0.944 bits per heavy atom. The van der Waals surface area contributed by atoms with Gasteiger partial charge in [-0.1, -0.05) is 183 Å². The third-order valence-corrected chi connectivity index (χ3v) is 14.5. The van der Waals surface area contributed by atoms with E-state index in [-0.39, 0.29) is 23.0 Å². The highest BCUT2D eigenvalue weighted by molar-refractivity contribution is 7.00. The Morgan fingerprint density at radius 1 is 0.423 bits per heavy atom. The van der Waals surface area contributed by atoms with Crippen LogP contribution in [0.2, 0.25) is 0 Å². The molecule has 6 heteroatoms. The van der Waals surface area contributed by atoms with E-state index in [4.69, 9.17) is 4.98 Å². The largest absolute Gasteiger partial charge is 0.311 e. The zero-order chi connectivity index (χ0) is 49.6. The molecule has 9 aromatic rings. The van der Waals surface area contributed by atoms with Crippen LogP contribution < -0.4 is 31.2 Å². The fraction of sp³-hybridized carbons (Fsp3) is 0.215. The van der Waals surface area contributed by atoms with Crippen LogP contribution in [0.5, 0.6) is 0 Å². The molecule has 352 valence electrons. The van der Waals surface area contributed by atoms with Gasteiger partial charge < -0.3 is 9.80 Å². The number of aromatic nitrogens is 2. The van der Waals surface area contributed by atoms with Crippen LogP contribution in [0.1, 0.15) is 90.1 Å². The molecule has 71 heavy (non-hydrogen) atoms. The summed E-state index contributed by atoms with van der Waals surface area (Å²) in [6.07, 6.45) is 0. The number of hydrogen-bond acceptors (Lipinski definition) is 4. The van der Waals surface area contributed by atoms with Gasteiger partial charge in [0.1, 0.15) is 11.6 Å². The second kappa shape index (κ2) is 17.1. The van der Waals surface area contributed by atoms with Gasteiger partial charge in [0.25, 0.3) is 6.71 Å². The number of hydrogen-bond donors (Lipinski definition) is 0. The lowest BCUT2D eigenvalue weighted by Gasteiger charge is -2.44. The van der Waals surface area contributed by atoms with Crippen LogP contribution in [-0.2, 0) is 16.2 Å². The van der Waals surface area contributed by atoms with Crippen molar-refractivity contribution in [3.05, 3.63) is 216 Å². The Labute approximate surface area is 422 Å². The molecule has 1 aromatic heterocycles. The van der Waals surface area contributed by atoms with E-state index in [1.54, 1.807) is 0 Å². The maximum Gasteiger partial charge on any atom is 0.277 e. The maximum absolute atomic E-state index is 5.98. The quantitative estimate of drug-likeness (QED) is 0.149. The molecule has 0 fully saturated rings. The summed E-state index contributed by atoms with van der Waals surface area (Å²) in [5.74, 6) is 1.95. The van der Waals surface area contributed by atoms with Crippen molar-refractivity contribution in [1.29, 1.82) is 0 Å². The fourth-order valence-electron chi connectivity index (χ4n) is 10.6. The standard InChI is InChI=1S/C65H64BN5/c1-43-27-30-45(31-28-43)61-67-60-62(71(61)51-25-19-14-20-26-51)70(53-39-47(64(6,7)8)38-48(40-53)65(9,10)11)58-42-54(68(49-21-15-12-16-22-49)50-23-17-13-18-24-50)41-57-59(58)66(60)55-37-44(2)29-36-56(55)69(57)52-34-32-46(33-35-52)63(3,4)5/h12-42H,1-11H3. The van der Waals surface area contributed by atoms with Gasteiger partial charge in [0.2, 0.25) is 0 Å². The van der Waals surface area contributed by atoms with Gasteiger partial charge in [-0.3, -0.25) is 9.47 Å². The number of rotatable bonds is 7.